The first-order valence-electron chi connectivity index (χ1n) is 13.6. The fourth-order valence-corrected chi connectivity index (χ4v) is 7.67. The maximum absolute atomic E-state index is 16.1. The van der Waals surface area contributed by atoms with Gasteiger partial charge in [0.15, 0.2) is 41.3 Å². The van der Waals surface area contributed by atoms with E-state index in [-0.39, 0.29) is 34.0 Å². The second kappa shape index (κ2) is 11.6. The van der Waals surface area contributed by atoms with Gasteiger partial charge < -0.3 is 43.0 Å². The first-order valence-corrected chi connectivity index (χ1v) is 16.9. The molecule has 7 rings (SSSR count). The quantitative estimate of drug-likeness (QED) is 0.220. The molecule has 0 amide bonds. The van der Waals surface area contributed by atoms with Crippen LogP contribution in [0.5, 0.6) is 0 Å². The topological polar surface area (TPSA) is 232 Å². The first kappa shape index (κ1) is 31.5. The molecule has 24 heteroatoms. The average molecular weight is 677 g/mol. The number of halogens is 1. The number of aryl methyl sites for hydroxylation is 1. The van der Waals surface area contributed by atoms with E-state index in [2.05, 4.69) is 29.9 Å². The number of anilines is 1. The number of methoxy groups -OCH3 is 1. The molecule has 4 radical (unpaired) electrons. The van der Waals surface area contributed by atoms with E-state index in [1.54, 1.807) is 0 Å². The number of fused-ring (bicyclic) bond motifs is 4. The fraction of sp³-hybridized carbons (Fsp3) is 0.545. The van der Waals surface area contributed by atoms with Gasteiger partial charge in [0, 0.05) is 7.11 Å². The summed E-state index contributed by atoms with van der Waals surface area (Å²) in [5, 5.41) is 0. The molecule has 4 aromatic heterocycles. The van der Waals surface area contributed by atoms with Gasteiger partial charge in [-0.2, -0.15) is 0 Å². The number of H-pyrrole nitrogens is 1. The molecule has 3 saturated heterocycles. The molecule has 0 saturated carbocycles. The number of alkyl halides is 1. The summed E-state index contributed by atoms with van der Waals surface area (Å²) in [5.41, 5.74) is 5.86. The Morgan fingerprint density at radius 1 is 0.957 bits per heavy atom. The van der Waals surface area contributed by atoms with Crippen LogP contribution < -0.4 is 11.3 Å². The summed E-state index contributed by atoms with van der Waals surface area (Å²) >= 11 is 0. The number of nitrogens with two attached hydrogens (primary N) is 1. The molecular formula is C22H24B2FN9O10P2. The number of ether oxygens (including phenoxy) is 3. The zero-order valence-corrected chi connectivity index (χ0v) is 25.8. The molecule has 3 aliphatic heterocycles. The van der Waals surface area contributed by atoms with Gasteiger partial charge in [-0.1, -0.05) is 0 Å². The fourth-order valence-electron chi connectivity index (χ4n) is 5.66. The normalized spacial score (nSPS) is 37.1. The van der Waals surface area contributed by atoms with Crippen molar-refractivity contribution in [1.82, 2.24) is 39.0 Å². The van der Waals surface area contributed by atoms with E-state index in [9.17, 15) is 13.9 Å². The Bertz CT molecular complexity index is 1970. The Balaban J connectivity index is 1.18. The monoisotopic (exact) mass is 677 g/mol. The lowest BCUT2D eigenvalue weighted by Gasteiger charge is -2.30. The second-order valence-corrected chi connectivity index (χ2v) is 13.7. The molecular weight excluding hydrogens is 653 g/mol. The van der Waals surface area contributed by atoms with Crippen LogP contribution in [-0.4, -0.2) is 111 Å². The molecule has 46 heavy (non-hydrogen) atoms. The van der Waals surface area contributed by atoms with Crippen LogP contribution in [0.15, 0.2) is 23.8 Å². The van der Waals surface area contributed by atoms with Gasteiger partial charge in [-0.15, -0.1) is 0 Å². The number of nitrogens with one attached hydrogen (secondary N) is 1. The second-order valence-electron chi connectivity index (χ2n) is 10.6. The molecule has 0 bridgehead atoms. The number of aromatic amines is 1. The van der Waals surface area contributed by atoms with E-state index in [4.69, 9.17) is 53.2 Å². The molecule has 3 fully saturated rings. The smallest absolute Gasteiger partial charge is 0.279 e. The van der Waals surface area contributed by atoms with Crippen LogP contribution in [0.2, 0.25) is 0 Å². The molecule has 4 unspecified atom stereocenters. The maximum Gasteiger partial charge on any atom is 0.279 e. The summed E-state index contributed by atoms with van der Waals surface area (Å²) in [5.74, 6) is 0.355. The van der Waals surface area contributed by atoms with Crippen molar-refractivity contribution in [2.24, 2.45) is 0 Å². The van der Waals surface area contributed by atoms with Gasteiger partial charge in [-0.25, -0.2) is 29.3 Å². The van der Waals surface area contributed by atoms with E-state index < -0.39 is 82.9 Å². The summed E-state index contributed by atoms with van der Waals surface area (Å²) in [7, 11) is 4.21. The summed E-state index contributed by atoms with van der Waals surface area (Å²) < 4.78 is 85.3. The van der Waals surface area contributed by atoms with Gasteiger partial charge in [-0.3, -0.25) is 23.1 Å². The van der Waals surface area contributed by atoms with Crippen molar-refractivity contribution in [3.05, 3.63) is 35.2 Å². The average Bonchev–Trinajstić information content (AvgIpc) is 3.75. The van der Waals surface area contributed by atoms with Crippen molar-refractivity contribution in [2.45, 2.75) is 56.1 Å². The van der Waals surface area contributed by atoms with Crippen molar-refractivity contribution < 1.29 is 45.8 Å². The van der Waals surface area contributed by atoms with Crippen LogP contribution in [0.4, 0.5) is 10.2 Å². The number of aromatic nitrogens is 8. The van der Waals surface area contributed by atoms with Gasteiger partial charge in [-0.05, 0) is 6.92 Å². The summed E-state index contributed by atoms with van der Waals surface area (Å²) in [4.78, 5) is 35.4. The maximum atomic E-state index is 16.1. The lowest BCUT2D eigenvalue weighted by atomic mass is 10.1. The molecule has 0 aliphatic carbocycles. The van der Waals surface area contributed by atoms with E-state index in [0.29, 0.717) is 0 Å². The summed E-state index contributed by atoms with van der Waals surface area (Å²) in [6.07, 6.45) is -7.43. The van der Waals surface area contributed by atoms with Crippen molar-refractivity contribution in [3.63, 3.8) is 0 Å². The standard InChI is InChI=1S/C22H24B2FN9O10P2/c1-8-31-19-13(20(35)32-8)30-7-34(19)21-11(25)14-9(41-21)3-39-46(24,37)44-15-10(4-40-45(23,36)43-14)42-22(16(15)38-2)33-6-29-12-17(26)27-5-28-18(12)33/h5-7,9-11,14-16,21-22H,3-4H2,1-2H3,(H2,26,27,28)(H,31,32,35)/t9-,10-,11+,14?,15+,16?,21-,22-,45?,46?/m1/s1. The van der Waals surface area contributed by atoms with Crippen molar-refractivity contribution in [1.29, 1.82) is 0 Å². The Hall–Kier alpha value is -3.06. The highest BCUT2D eigenvalue weighted by Crippen LogP contribution is 2.54. The third-order valence-corrected chi connectivity index (χ3v) is 9.78. The van der Waals surface area contributed by atoms with E-state index in [0.717, 1.165) is 10.9 Å². The minimum Gasteiger partial charge on any atom is -0.382 e. The summed E-state index contributed by atoms with van der Waals surface area (Å²) in [6, 6.07) is 0. The molecule has 0 spiro atoms. The molecule has 0 aromatic carbocycles. The molecule has 240 valence electrons. The minimum atomic E-state index is -4.55. The van der Waals surface area contributed by atoms with Crippen molar-refractivity contribution >= 4 is 58.2 Å². The van der Waals surface area contributed by atoms with Gasteiger partial charge in [0.05, 0.1) is 25.9 Å². The lowest BCUT2D eigenvalue weighted by Crippen LogP contribution is -2.39. The van der Waals surface area contributed by atoms with Gasteiger partial charge in [0.1, 0.15) is 48.2 Å². The predicted octanol–water partition coefficient (Wildman–Crippen LogP) is 0.368. The van der Waals surface area contributed by atoms with Crippen LogP contribution in [0, 0.1) is 6.92 Å². The number of hydrogen-bond acceptors (Lipinski definition) is 16. The van der Waals surface area contributed by atoms with E-state index in [1.165, 1.54) is 31.3 Å². The first-order chi connectivity index (χ1) is 21.9. The molecule has 10 atom stereocenters. The molecule has 19 nitrogen and oxygen atoms in total. The predicted molar refractivity (Wildman–Crippen MR) is 155 cm³/mol. The van der Waals surface area contributed by atoms with Crippen LogP contribution in [0.25, 0.3) is 22.3 Å². The number of nitrogen functional groups attached to an aromatic ring is 1. The van der Waals surface area contributed by atoms with Crippen LogP contribution in [-0.2, 0) is 41.4 Å². The van der Waals surface area contributed by atoms with Crippen LogP contribution in [0.3, 0.4) is 0 Å². The SMILES string of the molecule is [B]P1(=O)OC[C@H]2O[C@@H](n3cnc4c(N)ncnc43)C(OC)[C@H]2OP([B])(=O)OC[C@H]2O[C@@H](n3cnc4c(=O)[nH]c(C)nc43)[C@@H](F)C2O1. The third kappa shape index (κ3) is 5.50. The van der Waals surface area contributed by atoms with Crippen LogP contribution >= 0.6 is 14.9 Å². The number of rotatable bonds is 3. The molecule has 4 aromatic rings. The summed E-state index contributed by atoms with van der Waals surface area (Å²) in [6.45, 7) is 0.286. The highest BCUT2D eigenvalue weighted by molar-refractivity contribution is 7.79. The third-order valence-electron chi connectivity index (χ3n) is 7.69. The Morgan fingerprint density at radius 3 is 2.26 bits per heavy atom. The number of hydrogen-bond donors (Lipinski definition) is 2. The van der Waals surface area contributed by atoms with Crippen LogP contribution in [0.1, 0.15) is 18.3 Å². The Labute approximate surface area is 260 Å². The number of imidazole rings is 2. The van der Waals surface area contributed by atoms with E-state index in [1.807, 2.05) is 0 Å². The zero-order valence-electron chi connectivity index (χ0n) is 24.0. The lowest BCUT2D eigenvalue weighted by molar-refractivity contribution is -0.0588. The molecule has 7 heterocycles. The van der Waals surface area contributed by atoms with Gasteiger partial charge >= 0.3 is 0 Å². The molecule has 3 aliphatic rings. The number of nitrogens with zero attached hydrogens (tertiary/aromatic N) is 7. The van der Waals surface area contributed by atoms with Gasteiger partial charge in [0.2, 0.25) is 15.1 Å². The van der Waals surface area contributed by atoms with Gasteiger partial charge in [0.25, 0.3) is 20.5 Å². The largest absolute Gasteiger partial charge is 0.382 e. The minimum absolute atomic E-state index is 0.0112. The molecule has 3 N–H and O–H groups in total. The Morgan fingerprint density at radius 2 is 1.57 bits per heavy atom. The van der Waals surface area contributed by atoms with Crippen molar-refractivity contribution in [2.75, 3.05) is 26.1 Å². The van der Waals surface area contributed by atoms with E-state index >= 15 is 4.39 Å². The Kier molecular flexibility index (Phi) is 7.93. The zero-order chi connectivity index (χ0) is 32.5. The van der Waals surface area contributed by atoms with Crippen molar-refractivity contribution in [3.8, 4) is 0 Å². The highest BCUT2D eigenvalue weighted by Gasteiger charge is 2.53. The highest BCUT2D eigenvalue weighted by atomic mass is 31.2.